The summed E-state index contributed by atoms with van der Waals surface area (Å²) in [5.41, 5.74) is 0. The van der Waals surface area contributed by atoms with E-state index in [0.717, 1.165) is 19.0 Å². The van der Waals surface area contributed by atoms with Gasteiger partial charge in [0.2, 0.25) is 0 Å². The zero-order valence-corrected chi connectivity index (χ0v) is 9.28. The van der Waals surface area contributed by atoms with Crippen molar-refractivity contribution in [1.29, 1.82) is 0 Å². The molecule has 14 heavy (non-hydrogen) atoms. The van der Waals surface area contributed by atoms with Crippen molar-refractivity contribution in [2.24, 2.45) is 5.92 Å². The summed E-state index contributed by atoms with van der Waals surface area (Å²) in [7, 11) is 0. The minimum atomic E-state index is -0.00638. The van der Waals surface area contributed by atoms with Crippen LogP contribution in [0.3, 0.4) is 0 Å². The molecular weight excluding hydrogens is 174 g/mol. The first-order valence-electron chi connectivity index (χ1n) is 6.23. The van der Waals surface area contributed by atoms with Crippen molar-refractivity contribution in [3.63, 3.8) is 0 Å². The number of likely N-dealkylation sites (tertiary alicyclic amines) is 1. The minimum absolute atomic E-state index is 0.00638. The van der Waals surface area contributed by atoms with Crippen LogP contribution in [0.15, 0.2) is 0 Å². The smallest absolute Gasteiger partial charge is 0.0580 e. The van der Waals surface area contributed by atoms with Gasteiger partial charge in [0.15, 0.2) is 0 Å². The van der Waals surface area contributed by atoms with E-state index < -0.39 is 0 Å². The maximum Gasteiger partial charge on any atom is 0.0580 e. The molecule has 3 atom stereocenters. The molecule has 2 aliphatic rings. The van der Waals surface area contributed by atoms with Crippen LogP contribution >= 0.6 is 0 Å². The quantitative estimate of drug-likeness (QED) is 0.748. The van der Waals surface area contributed by atoms with Crippen molar-refractivity contribution in [2.45, 2.75) is 57.6 Å². The fourth-order valence-corrected chi connectivity index (χ4v) is 3.13. The molecule has 3 unspecified atom stereocenters. The molecule has 1 aliphatic carbocycles. The predicted molar refractivity (Wildman–Crippen MR) is 58.2 cm³/mol. The number of aliphatic hydroxyl groups excluding tert-OH is 1. The van der Waals surface area contributed by atoms with Gasteiger partial charge >= 0.3 is 0 Å². The van der Waals surface area contributed by atoms with Crippen molar-refractivity contribution in [3.05, 3.63) is 0 Å². The third-order valence-corrected chi connectivity index (χ3v) is 4.06. The molecule has 0 aromatic rings. The van der Waals surface area contributed by atoms with Gasteiger partial charge in [-0.05, 0) is 44.6 Å². The van der Waals surface area contributed by atoms with E-state index in [1.807, 2.05) is 0 Å². The first kappa shape index (κ1) is 10.4. The standard InChI is InChI=1S/C12H23NO/c1-2-11-6-4-8-13(11)9-10-5-3-7-12(10)14/h10-12,14H,2-9H2,1H3. The van der Waals surface area contributed by atoms with Crippen LogP contribution < -0.4 is 0 Å². The highest BCUT2D eigenvalue weighted by atomic mass is 16.3. The van der Waals surface area contributed by atoms with Gasteiger partial charge in [-0.25, -0.2) is 0 Å². The Morgan fingerprint density at radius 3 is 2.71 bits per heavy atom. The Morgan fingerprint density at radius 1 is 1.21 bits per heavy atom. The molecule has 1 saturated heterocycles. The van der Waals surface area contributed by atoms with Gasteiger partial charge in [0.05, 0.1) is 6.10 Å². The normalized spacial score (nSPS) is 39.4. The molecule has 1 N–H and O–H groups in total. The lowest BCUT2D eigenvalue weighted by molar-refractivity contribution is 0.0971. The molecule has 1 heterocycles. The Balaban J connectivity index is 1.83. The van der Waals surface area contributed by atoms with Crippen molar-refractivity contribution >= 4 is 0 Å². The van der Waals surface area contributed by atoms with Crippen molar-refractivity contribution in [2.75, 3.05) is 13.1 Å². The van der Waals surface area contributed by atoms with E-state index in [-0.39, 0.29) is 6.10 Å². The van der Waals surface area contributed by atoms with Crippen LogP contribution in [0.25, 0.3) is 0 Å². The first-order valence-corrected chi connectivity index (χ1v) is 6.23. The lowest BCUT2D eigenvalue weighted by Gasteiger charge is -2.27. The number of hydrogen-bond acceptors (Lipinski definition) is 2. The second kappa shape index (κ2) is 4.63. The van der Waals surface area contributed by atoms with Crippen LogP contribution in [0.1, 0.15) is 45.4 Å². The zero-order valence-electron chi connectivity index (χ0n) is 9.28. The van der Waals surface area contributed by atoms with Crippen molar-refractivity contribution in [1.82, 2.24) is 4.90 Å². The average molecular weight is 197 g/mol. The summed E-state index contributed by atoms with van der Waals surface area (Å²) >= 11 is 0. The third-order valence-electron chi connectivity index (χ3n) is 4.06. The third kappa shape index (κ3) is 2.12. The summed E-state index contributed by atoms with van der Waals surface area (Å²) in [5.74, 6) is 0.571. The summed E-state index contributed by atoms with van der Waals surface area (Å²) in [4.78, 5) is 2.61. The molecule has 82 valence electrons. The number of aliphatic hydroxyl groups is 1. The van der Waals surface area contributed by atoms with E-state index in [2.05, 4.69) is 11.8 Å². The van der Waals surface area contributed by atoms with Crippen molar-refractivity contribution < 1.29 is 5.11 Å². The molecule has 2 rings (SSSR count). The highest BCUT2D eigenvalue weighted by Crippen LogP contribution is 2.29. The monoisotopic (exact) mass is 197 g/mol. The highest BCUT2D eigenvalue weighted by molar-refractivity contribution is 4.84. The molecule has 1 aliphatic heterocycles. The van der Waals surface area contributed by atoms with Crippen LogP contribution in [0.4, 0.5) is 0 Å². The Morgan fingerprint density at radius 2 is 2.07 bits per heavy atom. The van der Waals surface area contributed by atoms with Gasteiger partial charge < -0.3 is 10.0 Å². The first-order chi connectivity index (χ1) is 6.81. The van der Waals surface area contributed by atoms with E-state index in [4.69, 9.17) is 0 Å². The Hall–Kier alpha value is -0.0800. The van der Waals surface area contributed by atoms with Gasteiger partial charge in [-0.2, -0.15) is 0 Å². The van der Waals surface area contributed by atoms with Gasteiger partial charge in [0, 0.05) is 12.6 Å². The van der Waals surface area contributed by atoms with Gasteiger partial charge in [-0.15, -0.1) is 0 Å². The summed E-state index contributed by atoms with van der Waals surface area (Å²) in [6.45, 7) is 4.70. The Labute approximate surface area is 87.3 Å². The van der Waals surface area contributed by atoms with Gasteiger partial charge in [0.25, 0.3) is 0 Å². The van der Waals surface area contributed by atoms with Crippen LogP contribution in [-0.4, -0.2) is 35.2 Å². The average Bonchev–Trinajstić information content (AvgIpc) is 2.77. The molecule has 1 saturated carbocycles. The molecule has 0 radical (unpaired) electrons. The predicted octanol–water partition coefficient (Wildman–Crippen LogP) is 2.02. The van der Waals surface area contributed by atoms with E-state index in [1.165, 1.54) is 38.6 Å². The summed E-state index contributed by atoms with van der Waals surface area (Å²) in [6.07, 6.45) is 7.52. The van der Waals surface area contributed by atoms with Gasteiger partial charge in [0.1, 0.15) is 0 Å². The summed E-state index contributed by atoms with van der Waals surface area (Å²) < 4.78 is 0. The zero-order chi connectivity index (χ0) is 9.97. The fourth-order valence-electron chi connectivity index (χ4n) is 3.13. The molecule has 2 nitrogen and oxygen atoms in total. The van der Waals surface area contributed by atoms with E-state index in [1.54, 1.807) is 0 Å². The molecular formula is C12H23NO. The largest absolute Gasteiger partial charge is 0.393 e. The lowest BCUT2D eigenvalue weighted by Crippen LogP contribution is -2.36. The van der Waals surface area contributed by atoms with E-state index in [0.29, 0.717) is 5.92 Å². The molecule has 2 heteroatoms. The van der Waals surface area contributed by atoms with Crippen LogP contribution in [0.5, 0.6) is 0 Å². The second-order valence-corrected chi connectivity index (χ2v) is 4.96. The molecule has 0 amide bonds. The highest BCUT2D eigenvalue weighted by Gasteiger charge is 2.30. The molecule has 0 aromatic heterocycles. The van der Waals surface area contributed by atoms with E-state index in [9.17, 15) is 5.11 Å². The molecule has 0 aromatic carbocycles. The Kier molecular flexibility index (Phi) is 3.45. The molecule has 2 fully saturated rings. The van der Waals surface area contributed by atoms with Crippen LogP contribution in [-0.2, 0) is 0 Å². The van der Waals surface area contributed by atoms with E-state index >= 15 is 0 Å². The Bertz CT molecular complexity index is 183. The van der Waals surface area contributed by atoms with Gasteiger partial charge in [-0.1, -0.05) is 13.3 Å². The van der Waals surface area contributed by atoms with Crippen LogP contribution in [0, 0.1) is 5.92 Å². The second-order valence-electron chi connectivity index (χ2n) is 4.96. The number of hydrogen-bond donors (Lipinski definition) is 1. The summed E-state index contributed by atoms with van der Waals surface area (Å²) in [6, 6.07) is 0.808. The SMILES string of the molecule is CCC1CCCN1CC1CCCC1O. The maximum atomic E-state index is 9.78. The van der Waals surface area contributed by atoms with Crippen molar-refractivity contribution in [3.8, 4) is 0 Å². The minimum Gasteiger partial charge on any atom is -0.393 e. The van der Waals surface area contributed by atoms with Crippen LogP contribution in [0.2, 0.25) is 0 Å². The van der Waals surface area contributed by atoms with Gasteiger partial charge in [-0.3, -0.25) is 0 Å². The number of rotatable bonds is 3. The lowest BCUT2D eigenvalue weighted by atomic mass is 10.0. The molecule has 0 spiro atoms. The fraction of sp³-hybridized carbons (Fsp3) is 1.00. The topological polar surface area (TPSA) is 23.5 Å². The summed E-state index contributed by atoms with van der Waals surface area (Å²) in [5, 5.41) is 9.78. The molecule has 0 bridgehead atoms. The number of nitrogens with zero attached hydrogens (tertiary/aromatic N) is 1. The maximum absolute atomic E-state index is 9.78.